The summed E-state index contributed by atoms with van der Waals surface area (Å²) in [7, 11) is 0. The Labute approximate surface area is 84.9 Å². The molecule has 1 atom stereocenters. The van der Waals surface area contributed by atoms with Gasteiger partial charge in [-0.2, -0.15) is 5.10 Å². The number of H-pyrrole nitrogens is 1. The zero-order valence-electron chi connectivity index (χ0n) is 7.42. The Bertz CT molecular complexity index is 213. The Balaban J connectivity index is 0. The molecule has 1 aromatic heterocycles. The van der Waals surface area contributed by atoms with Crippen LogP contribution in [0.3, 0.4) is 0 Å². The van der Waals surface area contributed by atoms with Gasteiger partial charge in [0.05, 0.1) is 5.69 Å². The van der Waals surface area contributed by atoms with Crippen LogP contribution in [0.25, 0.3) is 0 Å². The Morgan fingerprint density at radius 1 is 1.33 bits per heavy atom. The number of aryl methyl sites for hydroxylation is 2. The zero-order chi connectivity index (χ0) is 7.72. The monoisotopic (exact) mass is 211 g/mol. The summed E-state index contributed by atoms with van der Waals surface area (Å²) >= 11 is 0. The van der Waals surface area contributed by atoms with Crippen LogP contribution in [0.15, 0.2) is 0 Å². The minimum atomic E-state index is 0. The van der Waals surface area contributed by atoms with E-state index in [1.807, 2.05) is 20.8 Å². The van der Waals surface area contributed by atoms with Gasteiger partial charge < -0.3 is 5.73 Å². The van der Waals surface area contributed by atoms with E-state index in [1.165, 1.54) is 0 Å². The standard InChI is InChI=1S/C7H13N3.2ClH/c1-4(8)7-5(2)9-10-6(7)3;;/h4H,8H2,1-3H3,(H,9,10);2*1H. The molecule has 0 bridgehead atoms. The maximum absolute atomic E-state index is 5.70. The summed E-state index contributed by atoms with van der Waals surface area (Å²) in [4.78, 5) is 0. The number of rotatable bonds is 1. The molecule has 0 spiro atoms. The Morgan fingerprint density at radius 2 is 1.83 bits per heavy atom. The van der Waals surface area contributed by atoms with Gasteiger partial charge in [0.2, 0.25) is 0 Å². The summed E-state index contributed by atoms with van der Waals surface area (Å²) < 4.78 is 0. The topological polar surface area (TPSA) is 54.7 Å². The van der Waals surface area contributed by atoms with Crippen molar-refractivity contribution in [1.82, 2.24) is 10.2 Å². The van der Waals surface area contributed by atoms with Crippen molar-refractivity contribution in [2.75, 3.05) is 0 Å². The van der Waals surface area contributed by atoms with Crippen LogP contribution in [-0.4, -0.2) is 10.2 Å². The lowest BCUT2D eigenvalue weighted by atomic mass is 10.1. The van der Waals surface area contributed by atoms with Gasteiger partial charge in [0.15, 0.2) is 0 Å². The van der Waals surface area contributed by atoms with Crippen molar-refractivity contribution in [2.45, 2.75) is 26.8 Å². The van der Waals surface area contributed by atoms with E-state index in [0.29, 0.717) is 0 Å². The molecular weight excluding hydrogens is 197 g/mol. The van der Waals surface area contributed by atoms with Crippen LogP contribution in [0, 0.1) is 13.8 Å². The molecule has 0 saturated heterocycles. The van der Waals surface area contributed by atoms with E-state index >= 15 is 0 Å². The number of aromatic nitrogens is 2. The number of halogens is 2. The lowest BCUT2D eigenvalue weighted by Gasteiger charge is -2.03. The van der Waals surface area contributed by atoms with Gasteiger partial charge in [-0.05, 0) is 20.8 Å². The summed E-state index contributed by atoms with van der Waals surface area (Å²) in [5.41, 5.74) is 8.92. The fourth-order valence-corrected chi connectivity index (χ4v) is 1.23. The third-order valence-electron chi connectivity index (χ3n) is 1.64. The summed E-state index contributed by atoms with van der Waals surface area (Å²) in [6.07, 6.45) is 0. The highest BCUT2D eigenvalue weighted by Gasteiger charge is 2.08. The third kappa shape index (κ3) is 2.66. The van der Waals surface area contributed by atoms with Crippen LogP contribution < -0.4 is 5.73 Å². The summed E-state index contributed by atoms with van der Waals surface area (Å²) in [6.45, 7) is 5.91. The molecule has 1 aromatic rings. The first-order valence-corrected chi connectivity index (χ1v) is 3.40. The summed E-state index contributed by atoms with van der Waals surface area (Å²) in [5.74, 6) is 0. The van der Waals surface area contributed by atoms with Crippen molar-refractivity contribution in [1.29, 1.82) is 0 Å². The van der Waals surface area contributed by atoms with Crippen LogP contribution in [0.4, 0.5) is 0 Å². The van der Waals surface area contributed by atoms with Crippen molar-refractivity contribution < 1.29 is 0 Å². The minimum absolute atomic E-state index is 0. The Morgan fingerprint density at radius 3 is 2.00 bits per heavy atom. The van der Waals surface area contributed by atoms with E-state index < -0.39 is 0 Å². The van der Waals surface area contributed by atoms with E-state index in [1.54, 1.807) is 0 Å². The van der Waals surface area contributed by atoms with Gasteiger partial charge in [0, 0.05) is 17.3 Å². The van der Waals surface area contributed by atoms with Gasteiger partial charge in [-0.3, -0.25) is 5.10 Å². The molecule has 0 amide bonds. The molecule has 1 rings (SSSR count). The summed E-state index contributed by atoms with van der Waals surface area (Å²) in [5, 5.41) is 6.92. The average molecular weight is 212 g/mol. The molecule has 12 heavy (non-hydrogen) atoms. The van der Waals surface area contributed by atoms with Crippen LogP contribution in [0.5, 0.6) is 0 Å². The first-order chi connectivity index (χ1) is 4.63. The number of hydrogen-bond acceptors (Lipinski definition) is 2. The van der Waals surface area contributed by atoms with Crippen molar-refractivity contribution in [2.24, 2.45) is 5.73 Å². The van der Waals surface area contributed by atoms with Crippen LogP contribution in [0.1, 0.15) is 29.9 Å². The number of nitrogens with two attached hydrogens (primary N) is 1. The molecule has 0 aliphatic heterocycles. The van der Waals surface area contributed by atoms with E-state index in [0.717, 1.165) is 17.0 Å². The highest BCUT2D eigenvalue weighted by molar-refractivity contribution is 5.85. The second kappa shape index (κ2) is 5.41. The lowest BCUT2D eigenvalue weighted by Crippen LogP contribution is -2.06. The predicted molar refractivity (Wildman–Crippen MR) is 55.2 cm³/mol. The molecule has 0 saturated carbocycles. The van der Waals surface area contributed by atoms with Gasteiger partial charge in [-0.1, -0.05) is 0 Å². The van der Waals surface area contributed by atoms with E-state index in [-0.39, 0.29) is 30.9 Å². The Kier molecular flexibility index (Phi) is 6.43. The SMILES string of the molecule is Cc1n[nH]c(C)c1C(C)N.Cl.Cl. The second-order valence-electron chi connectivity index (χ2n) is 2.64. The fourth-order valence-electron chi connectivity index (χ4n) is 1.23. The molecule has 3 nitrogen and oxygen atoms in total. The van der Waals surface area contributed by atoms with Crippen LogP contribution in [0.2, 0.25) is 0 Å². The zero-order valence-corrected chi connectivity index (χ0v) is 9.05. The molecule has 1 heterocycles. The minimum Gasteiger partial charge on any atom is -0.324 e. The van der Waals surface area contributed by atoms with Crippen LogP contribution >= 0.6 is 24.8 Å². The van der Waals surface area contributed by atoms with Gasteiger partial charge in [-0.15, -0.1) is 24.8 Å². The van der Waals surface area contributed by atoms with Crippen LogP contribution in [-0.2, 0) is 0 Å². The number of nitrogens with zero attached hydrogens (tertiary/aromatic N) is 1. The molecule has 72 valence electrons. The van der Waals surface area contributed by atoms with E-state index in [4.69, 9.17) is 5.73 Å². The van der Waals surface area contributed by atoms with Crippen molar-refractivity contribution >= 4 is 24.8 Å². The first kappa shape index (κ1) is 14.3. The molecule has 0 aliphatic carbocycles. The normalized spacial score (nSPS) is 11.3. The van der Waals surface area contributed by atoms with Crippen molar-refractivity contribution in [3.63, 3.8) is 0 Å². The van der Waals surface area contributed by atoms with Crippen molar-refractivity contribution in [3.05, 3.63) is 17.0 Å². The highest BCUT2D eigenvalue weighted by atomic mass is 35.5. The molecule has 3 N–H and O–H groups in total. The average Bonchev–Trinajstić information content (AvgIpc) is 2.11. The van der Waals surface area contributed by atoms with Gasteiger partial charge in [0.25, 0.3) is 0 Å². The Hall–Kier alpha value is -0.250. The molecule has 5 heteroatoms. The molecule has 0 fully saturated rings. The molecule has 0 aromatic carbocycles. The second-order valence-corrected chi connectivity index (χ2v) is 2.64. The van der Waals surface area contributed by atoms with E-state index in [9.17, 15) is 0 Å². The maximum atomic E-state index is 5.70. The van der Waals surface area contributed by atoms with E-state index in [2.05, 4.69) is 10.2 Å². The van der Waals surface area contributed by atoms with Gasteiger partial charge >= 0.3 is 0 Å². The number of hydrogen-bond donors (Lipinski definition) is 2. The molecule has 0 aliphatic rings. The maximum Gasteiger partial charge on any atom is 0.0641 e. The predicted octanol–water partition coefficient (Wildman–Crippen LogP) is 1.89. The smallest absolute Gasteiger partial charge is 0.0641 e. The first-order valence-electron chi connectivity index (χ1n) is 3.40. The van der Waals surface area contributed by atoms with Gasteiger partial charge in [0.1, 0.15) is 0 Å². The number of aromatic amines is 1. The fraction of sp³-hybridized carbons (Fsp3) is 0.571. The summed E-state index contributed by atoms with van der Waals surface area (Å²) in [6, 6.07) is 0.0822. The highest BCUT2D eigenvalue weighted by Crippen LogP contribution is 2.15. The molecule has 0 radical (unpaired) electrons. The third-order valence-corrected chi connectivity index (χ3v) is 1.64. The van der Waals surface area contributed by atoms with Gasteiger partial charge in [-0.25, -0.2) is 0 Å². The molecule has 1 unspecified atom stereocenters. The number of nitrogens with one attached hydrogen (secondary N) is 1. The largest absolute Gasteiger partial charge is 0.324 e. The molecular formula is C7H15Cl2N3. The lowest BCUT2D eigenvalue weighted by molar-refractivity contribution is 0.803. The van der Waals surface area contributed by atoms with Crippen molar-refractivity contribution in [3.8, 4) is 0 Å². The quantitative estimate of drug-likeness (QED) is 0.746.